The van der Waals surface area contributed by atoms with Crippen LogP contribution in [0.15, 0.2) is 54.7 Å². The summed E-state index contributed by atoms with van der Waals surface area (Å²) in [5.41, 5.74) is 3.06. The van der Waals surface area contributed by atoms with Crippen molar-refractivity contribution in [3.63, 3.8) is 0 Å². The molecule has 0 aliphatic heterocycles. The van der Waals surface area contributed by atoms with E-state index in [0.717, 1.165) is 16.6 Å². The second-order valence-corrected chi connectivity index (χ2v) is 5.49. The highest BCUT2D eigenvalue weighted by atomic mass is 16.5. The van der Waals surface area contributed by atoms with Crippen molar-refractivity contribution in [2.24, 2.45) is 0 Å². The predicted molar refractivity (Wildman–Crippen MR) is 100.0 cm³/mol. The maximum atomic E-state index is 12.1. The van der Waals surface area contributed by atoms with Gasteiger partial charge in [0.1, 0.15) is 0 Å². The minimum absolute atomic E-state index is 0.232. The standard InChI is InChI=1S/C20H19N3O3/c1-25-18-9-5-6-14(20(18)26-2)12-22-19(24)11-10-15-13-21-16-7-3-4-8-17(16)23-15/h3-11,13H,12H2,1-2H3,(H,22,24)/b11-10+. The molecule has 0 saturated carbocycles. The van der Waals surface area contributed by atoms with Crippen LogP contribution in [0.25, 0.3) is 17.1 Å². The number of carbonyl (C=O) groups excluding carboxylic acids is 1. The lowest BCUT2D eigenvalue weighted by molar-refractivity contribution is -0.116. The highest BCUT2D eigenvalue weighted by Gasteiger charge is 2.09. The molecule has 3 aromatic rings. The fourth-order valence-electron chi connectivity index (χ4n) is 2.55. The molecular formula is C20H19N3O3. The van der Waals surface area contributed by atoms with Crippen LogP contribution in [0.1, 0.15) is 11.3 Å². The van der Waals surface area contributed by atoms with Gasteiger partial charge in [0.25, 0.3) is 0 Å². The molecule has 0 bridgehead atoms. The van der Waals surface area contributed by atoms with Crippen molar-refractivity contribution >= 4 is 23.0 Å². The van der Waals surface area contributed by atoms with E-state index in [9.17, 15) is 4.79 Å². The number of carbonyl (C=O) groups is 1. The van der Waals surface area contributed by atoms with Gasteiger partial charge in [-0.25, -0.2) is 4.98 Å². The Kier molecular flexibility index (Phi) is 5.43. The minimum atomic E-state index is -0.232. The fraction of sp³-hybridized carbons (Fsp3) is 0.150. The molecular weight excluding hydrogens is 330 g/mol. The van der Waals surface area contributed by atoms with Crippen molar-refractivity contribution in [3.05, 3.63) is 66.0 Å². The monoisotopic (exact) mass is 349 g/mol. The quantitative estimate of drug-likeness (QED) is 0.693. The summed E-state index contributed by atoms with van der Waals surface area (Å²) in [5.74, 6) is 1.01. The molecule has 6 heteroatoms. The van der Waals surface area contributed by atoms with Gasteiger partial charge in [0, 0.05) is 18.2 Å². The van der Waals surface area contributed by atoms with Crippen LogP contribution in [-0.4, -0.2) is 30.1 Å². The third-order valence-corrected chi connectivity index (χ3v) is 3.81. The van der Waals surface area contributed by atoms with Crippen LogP contribution in [0.2, 0.25) is 0 Å². The van der Waals surface area contributed by atoms with E-state index >= 15 is 0 Å². The van der Waals surface area contributed by atoms with Crippen molar-refractivity contribution in [1.82, 2.24) is 15.3 Å². The number of benzene rings is 2. The molecule has 26 heavy (non-hydrogen) atoms. The lowest BCUT2D eigenvalue weighted by atomic mass is 10.2. The van der Waals surface area contributed by atoms with Crippen LogP contribution in [0.3, 0.4) is 0 Å². The van der Waals surface area contributed by atoms with Gasteiger partial charge in [0.05, 0.1) is 37.1 Å². The molecule has 0 saturated heterocycles. The second kappa shape index (κ2) is 8.11. The fourth-order valence-corrected chi connectivity index (χ4v) is 2.55. The van der Waals surface area contributed by atoms with E-state index < -0.39 is 0 Å². The van der Waals surface area contributed by atoms with Gasteiger partial charge < -0.3 is 14.8 Å². The molecule has 2 aromatic carbocycles. The Morgan fingerprint density at radius 3 is 2.65 bits per heavy atom. The molecule has 132 valence electrons. The highest BCUT2D eigenvalue weighted by Crippen LogP contribution is 2.30. The molecule has 0 spiro atoms. The number of aromatic nitrogens is 2. The van der Waals surface area contributed by atoms with E-state index in [2.05, 4.69) is 15.3 Å². The third kappa shape index (κ3) is 3.97. The van der Waals surface area contributed by atoms with Crippen LogP contribution in [0.4, 0.5) is 0 Å². The minimum Gasteiger partial charge on any atom is -0.493 e. The van der Waals surface area contributed by atoms with Gasteiger partial charge in [-0.05, 0) is 24.3 Å². The van der Waals surface area contributed by atoms with E-state index in [1.54, 1.807) is 26.5 Å². The van der Waals surface area contributed by atoms with E-state index in [1.165, 1.54) is 6.08 Å². The number of methoxy groups -OCH3 is 2. The normalized spacial score (nSPS) is 10.8. The maximum Gasteiger partial charge on any atom is 0.244 e. The van der Waals surface area contributed by atoms with Crippen molar-refractivity contribution < 1.29 is 14.3 Å². The van der Waals surface area contributed by atoms with Crippen LogP contribution >= 0.6 is 0 Å². The first kappa shape index (κ1) is 17.4. The summed E-state index contributed by atoms with van der Waals surface area (Å²) in [6.07, 6.45) is 4.71. The third-order valence-electron chi connectivity index (χ3n) is 3.81. The number of amides is 1. The Hall–Kier alpha value is -3.41. The first-order valence-corrected chi connectivity index (χ1v) is 8.09. The largest absolute Gasteiger partial charge is 0.493 e. The van der Waals surface area contributed by atoms with Gasteiger partial charge in [-0.3, -0.25) is 9.78 Å². The zero-order valence-electron chi connectivity index (χ0n) is 14.6. The van der Waals surface area contributed by atoms with Crippen LogP contribution in [-0.2, 0) is 11.3 Å². The summed E-state index contributed by atoms with van der Waals surface area (Å²) in [5, 5.41) is 2.82. The van der Waals surface area contributed by atoms with E-state index in [4.69, 9.17) is 9.47 Å². The Labute approximate surface area is 151 Å². The van der Waals surface area contributed by atoms with Gasteiger partial charge in [-0.15, -0.1) is 0 Å². The zero-order valence-corrected chi connectivity index (χ0v) is 14.6. The average molecular weight is 349 g/mol. The van der Waals surface area contributed by atoms with Gasteiger partial charge in [0.2, 0.25) is 5.91 Å². The second-order valence-electron chi connectivity index (χ2n) is 5.49. The Balaban J connectivity index is 1.66. The van der Waals surface area contributed by atoms with Crippen LogP contribution in [0.5, 0.6) is 11.5 Å². The number of rotatable bonds is 6. The number of hydrogen-bond acceptors (Lipinski definition) is 5. The van der Waals surface area contributed by atoms with Gasteiger partial charge in [-0.2, -0.15) is 0 Å². The topological polar surface area (TPSA) is 73.3 Å². The maximum absolute atomic E-state index is 12.1. The first-order chi connectivity index (χ1) is 12.7. The number of hydrogen-bond donors (Lipinski definition) is 1. The van der Waals surface area contributed by atoms with Crippen LogP contribution in [0, 0.1) is 0 Å². The molecule has 1 amide bonds. The van der Waals surface area contributed by atoms with Gasteiger partial charge in [0.15, 0.2) is 11.5 Å². The van der Waals surface area contributed by atoms with Crippen molar-refractivity contribution in [3.8, 4) is 11.5 Å². The zero-order chi connectivity index (χ0) is 18.4. The first-order valence-electron chi connectivity index (χ1n) is 8.09. The molecule has 6 nitrogen and oxygen atoms in total. The van der Waals surface area contributed by atoms with Gasteiger partial charge in [-0.1, -0.05) is 24.3 Å². The molecule has 1 aromatic heterocycles. The molecule has 0 atom stereocenters. The Morgan fingerprint density at radius 2 is 1.88 bits per heavy atom. The molecule has 0 radical (unpaired) electrons. The summed E-state index contributed by atoms with van der Waals surface area (Å²) >= 11 is 0. The molecule has 3 rings (SSSR count). The van der Waals surface area contributed by atoms with Crippen molar-refractivity contribution in [2.45, 2.75) is 6.54 Å². The molecule has 0 unspecified atom stereocenters. The number of fused-ring (bicyclic) bond motifs is 1. The lowest BCUT2D eigenvalue weighted by Crippen LogP contribution is -2.20. The van der Waals surface area contributed by atoms with E-state index in [0.29, 0.717) is 23.7 Å². The SMILES string of the molecule is COc1cccc(CNC(=O)/C=C/c2cnc3ccccc3n2)c1OC. The Morgan fingerprint density at radius 1 is 1.08 bits per heavy atom. The molecule has 0 fully saturated rings. The number of para-hydroxylation sites is 3. The number of nitrogens with one attached hydrogen (secondary N) is 1. The summed E-state index contributed by atoms with van der Waals surface area (Å²) in [6.45, 7) is 0.326. The summed E-state index contributed by atoms with van der Waals surface area (Å²) in [6, 6.07) is 13.1. The highest BCUT2D eigenvalue weighted by molar-refractivity contribution is 5.91. The van der Waals surface area contributed by atoms with E-state index in [1.807, 2.05) is 42.5 Å². The summed E-state index contributed by atoms with van der Waals surface area (Å²) < 4.78 is 10.6. The summed E-state index contributed by atoms with van der Waals surface area (Å²) in [4.78, 5) is 20.9. The molecule has 0 aliphatic carbocycles. The molecule has 1 heterocycles. The average Bonchev–Trinajstić information content (AvgIpc) is 2.70. The van der Waals surface area contributed by atoms with Gasteiger partial charge >= 0.3 is 0 Å². The van der Waals surface area contributed by atoms with Crippen molar-refractivity contribution in [2.75, 3.05) is 14.2 Å². The lowest BCUT2D eigenvalue weighted by Gasteiger charge is -2.12. The van der Waals surface area contributed by atoms with E-state index in [-0.39, 0.29) is 5.91 Å². The molecule has 1 N–H and O–H groups in total. The number of ether oxygens (including phenoxy) is 2. The number of nitrogens with zero attached hydrogens (tertiary/aromatic N) is 2. The Bertz CT molecular complexity index is 954. The summed E-state index contributed by atoms with van der Waals surface area (Å²) in [7, 11) is 3.15. The van der Waals surface area contributed by atoms with Crippen molar-refractivity contribution in [1.29, 1.82) is 0 Å². The smallest absolute Gasteiger partial charge is 0.244 e. The predicted octanol–water partition coefficient (Wildman–Crippen LogP) is 2.98. The van der Waals surface area contributed by atoms with Crippen LogP contribution < -0.4 is 14.8 Å². The molecule has 0 aliphatic rings.